The maximum absolute atomic E-state index is 12.0. The molecule has 0 atom stereocenters. The lowest BCUT2D eigenvalue weighted by Crippen LogP contribution is -2.34. The molecule has 1 aliphatic rings. The van der Waals surface area contributed by atoms with Gasteiger partial charge in [-0.15, -0.1) is 0 Å². The van der Waals surface area contributed by atoms with Crippen LogP contribution < -0.4 is 10.7 Å². The highest BCUT2D eigenvalue weighted by atomic mass is 16.5. The van der Waals surface area contributed by atoms with Crippen LogP contribution in [0.1, 0.15) is 36.3 Å². The van der Waals surface area contributed by atoms with Crippen molar-refractivity contribution in [1.29, 1.82) is 0 Å². The lowest BCUT2D eigenvalue weighted by molar-refractivity contribution is -0.142. The summed E-state index contributed by atoms with van der Waals surface area (Å²) in [5.41, 5.74) is 4.70. The first-order valence-electron chi connectivity index (χ1n) is 9.52. The van der Waals surface area contributed by atoms with Crippen molar-refractivity contribution in [2.24, 2.45) is 5.10 Å². The Morgan fingerprint density at radius 2 is 1.62 bits per heavy atom. The summed E-state index contributed by atoms with van der Waals surface area (Å²) in [6, 6.07) is 20.2. The van der Waals surface area contributed by atoms with Crippen molar-refractivity contribution < 1.29 is 19.1 Å². The van der Waals surface area contributed by atoms with E-state index in [9.17, 15) is 14.4 Å². The Labute approximate surface area is 169 Å². The Hall–Kier alpha value is -3.48. The van der Waals surface area contributed by atoms with Crippen molar-refractivity contribution in [2.45, 2.75) is 25.2 Å². The first kappa shape index (κ1) is 20.3. The van der Waals surface area contributed by atoms with Gasteiger partial charge in [0.2, 0.25) is 5.91 Å². The third kappa shape index (κ3) is 6.00. The molecule has 0 aliphatic carbocycles. The smallest absolute Gasteiger partial charge is 0.355 e. The number of benzene rings is 2. The number of hydrogen-bond acceptors (Lipinski definition) is 5. The number of nitrogens with zero attached hydrogens (tertiary/aromatic N) is 1. The number of esters is 1. The lowest BCUT2D eigenvalue weighted by atomic mass is 9.88. The van der Waals surface area contributed by atoms with Crippen LogP contribution in [0, 0.1) is 0 Å². The SMILES string of the molecule is O=C(COC(=O)C1=NNC(=O)CC1)NCCC(c1ccccc1)c1ccccc1. The molecule has 2 aromatic carbocycles. The van der Waals surface area contributed by atoms with Gasteiger partial charge >= 0.3 is 5.97 Å². The minimum atomic E-state index is -0.688. The Bertz CT molecular complexity index is 842. The number of rotatable bonds is 8. The summed E-state index contributed by atoms with van der Waals surface area (Å²) in [5.74, 6) is -1.16. The van der Waals surface area contributed by atoms with Gasteiger partial charge in [-0.3, -0.25) is 9.59 Å². The molecule has 7 heteroatoms. The molecule has 1 heterocycles. The van der Waals surface area contributed by atoms with Gasteiger partial charge in [-0.2, -0.15) is 5.10 Å². The zero-order valence-electron chi connectivity index (χ0n) is 16.0. The summed E-state index contributed by atoms with van der Waals surface area (Å²) in [5, 5.41) is 6.44. The molecule has 0 aromatic heterocycles. The summed E-state index contributed by atoms with van der Waals surface area (Å²) in [4.78, 5) is 35.0. The molecule has 0 saturated heterocycles. The molecule has 0 fully saturated rings. The van der Waals surface area contributed by atoms with Crippen LogP contribution in [-0.2, 0) is 19.1 Å². The number of carbonyl (C=O) groups is 3. The van der Waals surface area contributed by atoms with Crippen molar-refractivity contribution in [1.82, 2.24) is 10.7 Å². The van der Waals surface area contributed by atoms with Crippen molar-refractivity contribution in [3.05, 3.63) is 71.8 Å². The second-order valence-electron chi connectivity index (χ2n) is 6.68. The van der Waals surface area contributed by atoms with E-state index in [4.69, 9.17) is 4.74 Å². The Morgan fingerprint density at radius 3 is 2.17 bits per heavy atom. The molecule has 2 amide bonds. The van der Waals surface area contributed by atoms with Crippen LogP contribution in [0.25, 0.3) is 0 Å². The zero-order chi connectivity index (χ0) is 20.5. The van der Waals surface area contributed by atoms with Crippen molar-refractivity contribution in [3.8, 4) is 0 Å². The molecule has 150 valence electrons. The fourth-order valence-electron chi connectivity index (χ4n) is 3.14. The fourth-order valence-corrected chi connectivity index (χ4v) is 3.14. The third-order valence-corrected chi connectivity index (χ3v) is 4.63. The molecular weight excluding hydrogens is 370 g/mol. The van der Waals surface area contributed by atoms with E-state index in [1.165, 1.54) is 11.1 Å². The Balaban J connectivity index is 1.49. The number of nitrogens with one attached hydrogen (secondary N) is 2. The van der Waals surface area contributed by atoms with E-state index in [0.29, 0.717) is 13.0 Å². The van der Waals surface area contributed by atoms with E-state index >= 15 is 0 Å². The summed E-state index contributed by atoms with van der Waals surface area (Å²) < 4.78 is 4.97. The number of hydrazone groups is 1. The summed E-state index contributed by atoms with van der Waals surface area (Å²) in [7, 11) is 0. The van der Waals surface area contributed by atoms with Gasteiger partial charge in [0, 0.05) is 25.3 Å². The predicted molar refractivity (Wildman–Crippen MR) is 108 cm³/mol. The standard InChI is InChI=1S/C22H23N3O4/c26-20-12-11-19(24-25-20)22(28)29-15-21(27)23-14-13-18(16-7-3-1-4-8-16)17-9-5-2-6-10-17/h1-10,18H,11-15H2,(H,23,27)(H,25,26). The maximum atomic E-state index is 12.0. The first-order chi connectivity index (χ1) is 14.1. The van der Waals surface area contributed by atoms with Gasteiger partial charge in [0.15, 0.2) is 6.61 Å². The predicted octanol–water partition coefficient (Wildman–Crippen LogP) is 2.13. The summed E-state index contributed by atoms with van der Waals surface area (Å²) in [6.45, 7) is 0.0645. The van der Waals surface area contributed by atoms with Gasteiger partial charge in [-0.25, -0.2) is 10.2 Å². The Morgan fingerprint density at radius 1 is 1.00 bits per heavy atom. The molecule has 0 saturated carbocycles. The number of amides is 2. The van der Waals surface area contributed by atoms with Gasteiger partial charge in [0.05, 0.1) is 0 Å². The highest BCUT2D eigenvalue weighted by Gasteiger charge is 2.20. The van der Waals surface area contributed by atoms with Crippen LogP contribution in [-0.4, -0.2) is 36.6 Å². The van der Waals surface area contributed by atoms with E-state index in [0.717, 1.165) is 0 Å². The molecule has 7 nitrogen and oxygen atoms in total. The van der Waals surface area contributed by atoms with E-state index in [2.05, 4.69) is 40.1 Å². The lowest BCUT2D eigenvalue weighted by Gasteiger charge is -2.18. The third-order valence-electron chi connectivity index (χ3n) is 4.63. The second-order valence-corrected chi connectivity index (χ2v) is 6.68. The van der Waals surface area contributed by atoms with E-state index in [1.807, 2.05) is 36.4 Å². The van der Waals surface area contributed by atoms with Crippen LogP contribution in [0.2, 0.25) is 0 Å². The molecule has 0 spiro atoms. The van der Waals surface area contributed by atoms with E-state index in [1.54, 1.807) is 0 Å². The van der Waals surface area contributed by atoms with Crippen LogP contribution in [0.15, 0.2) is 65.8 Å². The number of ether oxygens (including phenoxy) is 1. The molecule has 0 bridgehead atoms. The molecule has 0 radical (unpaired) electrons. The van der Waals surface area contributed by atoms with Crippen LogP contribution >= 0.6 is 0 Å². The summed E-state index contributed by atoms with van der Waals surface area (Å²) >= 11 is 0. The van der Waals surface area contributed by atoms with Crippen molar-refractivity contribution in [3.63, 3.8) is 0 Å². The zero-order valence-corrected chi connectivity index (χ0v) is 16.0. The van der Waals surface area contributed by atoms with Gasteiger partial charge in [0.25, 0.3) is 5.91 Å². The maximum Gasteiger partial charge on any atom is 0.355 e. The second kappa shape index (κ2) is 10.2. The monoisotopic (exact) mass is 393 g/mol. The molecule has 29 heavy (non-hydrogen) atoms. The average molecular weight is 393 g/mol. The van der Waals surface area contributed by atoms with E-state index in [-0.39, 0.29) is 42.9 Å². The van der Waals surface area contributed by atoms with E-state index < -0.39 is 5.97 Å². The molecule has 1 aliphatic heterocycles. The largest absolute Gasteiger partial charge is 0.451 e. The van der Waals surface area contributed by atoms with Gasteiger partial charge < -0.3 is 10.1 Å². The average Bonchev–Trinajstić information content (AvgIpc) is 2.77. The molecular formula is C22H23N3O4. The minimum Gasteiger partial charge on any atom is -0.451 e. The van der Waals surface area contributed by atoms with Gasteiger partial charge in [-0.05, 0) is 17.5 Å². The van der Waals surface area contributed by atoms with Crippen LogP contribution in [0.5, 0.6) is 0 Å². The molecule has 0 unspecified atom stereocenters. The van der Waals surface area contributed by atoms with Crippen molar-refractivity contribution >= 4 is 23.5 Å². The van der Waals surface area contributed by atoms with Crippen molar-refractivity contribution in [2.75, 3.05) is 13.2 Å². The molecule has 2 aromatic rings. The highest BCUT2D eigenvalue weighted by Crippen LogP contribution is 2.27. The normalized spacial score (nSPS) is 13.4. The molecule has 3 rings (SSSR count). The quantitative estimate of drug-likeness (QED) is 0.672. The topological polar surface area (TPSA) is 96.9 Å². The first-order valence-corrected chi connectivity index (χ1v) is 9.52. The van der Waals surface area contributed by atoms with Crippen LogP contribution in [0.4, 0.5) is 0 Å². The number of carbonyl (C=O) groups excluding carboxylic acids is 3. The fraction of sp³-hybridized carbons (Fsp3) is 0.273. The highest BCUT2D eigenvalue weighted by molar-refractivity contribution is 6.37. The Kier molecular flexibility index (Phi) is 7.10. The van der Waals surface area contributed by atoms with Gasteiger partial charge in [-0.1, -0.05) is 60.7 Å². The number of hydrogen-bond donors (Lipinski definition) is 2. The molecule has 2 N–H and O–H groups in total. The minimum absolute atomic E-state index is 0.116. The van der Waals surface area contributed by atoms with Crippen LogP contribution in [0.3, 0.4) is 0 Å². The van der Waals surface area contributed by atoms with Gasteiger partial charge in [0.1, 0.15) is 5.71 Å². The summed E-state index contributed by atoms with van der Waals surface area (Å²) in [6.07, 6.45) is 1.11.